The highest BCUT2D eigenvalue weighted by Gasteiger charge is 2.15. The van der Waals surface area contributed by atoms with E-state index in [1.807, 2.05) is 62.4 Å². The number of amides is 1. The number of fused-ring (bicyclic) bond motifs is 1. The Morgan fingerprint density at radius 2 is 1.83 bits per heavy atom. The van der Waals surface area contributed by atoms with E-state index in [-0.39, 0.29) is 24.7 Å². The highest BCUT2D eigenvalue weighted by Crippen LogP contribution is 2.28. The molecule has 7 nitrogen and oxygen atoms in total. The number of para-hydroxylation sites is 1. The molecule has 0 aliphatic heterocycles. The van der Waals surface area contributed by atoms with Crippen LogP contribution < -0.4 is 10.6 Å². The normalized spacial score (nSPS) is 11.9. The summed E-state index contributed by atoms with van der Waals surface area (Å²) in [7, 11) is 0. The van der Waals surface area contributed by atoms with Crippen molar-refractivity contribution < 1.29 is 19.1 Å². The third-order valence-electron chi connectivity index (χ3n) is 6.01. The number of carbonyl (C=O) groups excluding carboxylic acids is 1. The van der Waals surface area contributed by atoms with Crippen LogP contribution in [0, 0.1) is 6.92 Å². The van der Waals surface area contributed by atoms with Gasteiger partial charge in [-0.2, -0.15) is 4.98 Å². The maximum absolute atomic E-state index is 12.7. The first-order chi connectivity index (χ1) is 16.8. The first-order valence-electron chi connectivity index (χ1n) is 11.7. The van der Waals surface area contributed by atoms with E-state index in [0.29, 0.717) is 17.3 Å². The molecule has 0 aliphatic rings. The Morgan fingerprint density at radius 1 is 1.09 bits per heavy atom. The number of hydrogen-bond acceptors (Lipinski definition) is 5. The molecule has 180 valence electrons. The van der Waals surface area contributed by atoms with E-state index in [0.717, 1.165) is 39.9 Å². The van der Waals surface area contributed by atoms with Gasteiger partial charge in [-0.15, -0.1) is 0 Å². The number of nitrogens with one attached hydrogen (secondary N) is 2. The number of benzene rings is 3. The minimum atomic E-state index is -0.830. The summed E-state index contributed by atoms with van der Waals surface area (Å²) in [5, 5.41) is 15.1. The molecule has 35 heavy (non-hydrogen) atoms. The standard InChI is InChI=1S/C28H29N3O4/c1-4-20-14-19(15-24-27(20)31-28(35-24)30-23-8-6-5-7-17(23)2)16-25(32)29-22-11-9-21(10-12-22)18(3)13-26(33)34/h5-12,14-15,18H,4,13,16H2,1-3H3,(H,29,32)(H,30,31)(H,33,34)/t18-/m1/s1. The van der Waals surface area contributed by atoms with Crippen molar-refractivity contribution in [2.75, 3.05) is 10.6 Å². The average Bonchev–Trinajstić information content (AvgIpc) is 3.22. The minimum absolute atomic E-state index is 0.0672. The van der Waals surface area contributed by atoms with E-state index in [1.54, 1.807) is 12.1 Å². The van der Waals surface area contributed by atoms with Gasteiger partial charge in [0.05, 0.1) is 12.8 Å². The predicted octanol–water partition coefficient (Wildman–Crippen LogP) is 6.20. The van der Waals surface area contributed by atoms with Crippen molar-refractivity contribution in [3.8, 4) is 0 Å². The predicted molar refractivity (Wildman–Crippen MR) is 137 cm³/mol. The van der Waals surface area contributed by atoms with E-state index >= 15 is 0 Å². The second-order valence-electron chi connectivity index (χ2n) is 8.76. The Balaban J connectivity index is 1.47. The van der Waals surface area contributed by atoms with Crippen molar-refractivity contribution in [2.24, 2.45) is 0 Å². The fourth-order valence-corrected chi connectivity index (χ4v) is 4.08. The Hall–Kier alpha value is -4.13. The van der Waals surface area contributed by atoms with Crippen LogP contribution in [-0.4, -0.2) is 22.0 Å². The molecule has 1 heterocycles. The van der Waals surface area contributed by atoms with Gasteiger partial charge in [0.1, 0.15) is 5.52 Å². The second kappa shape index (κ2) is 10.4. The number of anilines is 3. The number of rotatable bonds is 9. The fraction of sp³-hybridized carbons (Fsp3) is 0.250. The summed E-state index contributed by atoms with van der Waals surface area (Å²) in [6.07, 6.45) is 1.03. The second-order valence-corrected chi connectivity index (χ2v) is 8.76. The fourth-order valence-electron chi connectivity index (χ4n) is 4.08. The zero-order valence-electron chi connectivity index (χ0n) is 20.1. The average molecular weight is 472 g/mol. The maximum atomic E-state index is 12.7. The number of aliphatic carboxylic acids is 1. The van der Waals surface area contributed by atoms with Gasteiger partial charge in [-0.3, -0.25) is 9.59 Å². The summed E-state index contributed by atoms with van der Waals surface area (Å²) in [5.74, 6) is -1.07. The number of oxazole rings is 1. The van der Waals surface area contributed by atoms with Crippen molar-refractivity contribution in [2.45, 2.75) is 46.0 Å². The molecule has 3 N–H and O–H groups in total. The van der Waals surface area contributed by atoms with Crippen LogP contribution >= 0.6 is 0 Å². The number of aryl methyl sites for hydroxylation is 2. The minimum Gasteiger partial charge on any atom is -0.481 e. The Kier molecular flexibility index (Phi) is 7.15. The smallest absolute Gasteiger partial charge is 0.303 e. The SMILES string of the molecule is CCc1cc(CC(=O)Nc2ccc([C@H](C)CC(=O)O)cc2)cc2oc(Nc3ccccc3C)nc12. The molecule has 1 amide bonds. The van der Waals surface area contributed by atoms with Crippen molar-refractivity contribution in [1.82, 2.24) is 4.98 Å². The number of hydrogen-bond donors (Lipinski definition) is 3. The lowest BCUT2D eigenvalue weighted by Gasteiger charge is -2.11. The molecule has 0 aliphatic carbocycles. The monoisotopic (exact) mass is 471 g/mol. The zero-order valence-corrected chi connectivity index (χ0v) is 20.1. The van der Waals surface area contributed by atoms with E-state index in [1.165, 1.54) is 0 Å². The summed E-state index contributed by atoms with van der Waals surface area (Å²) in [6.45, 7) is 5.94. The molecule has 0 unspecified atom stereocenters. The number of carboxylic acids is 1. The molecule has 1 aromatic heterocycles. The summed E-state index contributed by atoms with van der Waals surface area (Å²) in [4.78, 5) is 28.3. The van der Waals surface area contributed by atoms with E-state index < -0.39 is 5.97 Å². The Morgan fingerprint density at radius 3 is 2.51 bits per heavy atom. The molecule has 3 aromatic carbocycles. The summed E-state index contributed by atoms with van der Waals surface area (Å²) < 4.78 is 5.98. The van der Waals surface area contributed by atoms with Gasteiger partial charge in [0, 0.05) is 11.4 Å². The first-order valence-corrected chi connectivity index (χ1v) is 11.7. The van der Waals surface area contributed by atoms with Crippen LogP contribution in [0.3, 0.4) is 0 Å². The quantitative estimate of drug-likeness (QED) is 0.268. The molecule has 0 spiro atoms. The van der Waals surface area contributed by atoms with Crippen LogP contribution in [0.2, 0.25) is 0 Å². The molecule has 0 saturated heterocycles. The lowest BCUT2D eigenvalue weighted by Crippen LogP contribution is -2.14. The molecule has 0 fully saturated rings. The summed E-state index contributed by atoms with van der Waals surface area (Å²) in [5.41, 5.74) is 6.90. The molecule has 4 aromatic rings. The molecule has 1 atom stereocenters. The van der Waals surface area contributed by atoms with Crippen molar-refractivity contribution in [3.63, 3.8) is 0 Å². The van der Waals surface area contributed by atoms with Crippen molar-refractivity contribution in [3.05, 3.63) is 82.9 Å². The number of nitrogens with zero attached hydrogens (tertiary/aromatic N) is 1. The molecule has 0 radical (unpaired) electrons. The van der Waals surface area contributed by atoms with E-state index in [4.69, 9.17) is 9.52 Å². The van der Waals surface area contributed by atoms with Gasteiger partial charge < -0.3 is 20.2 Å². The summed E-state index contributed by atoms with van der Waals surface area (Å²) in [6, 6.07) is 19.5. The highest BCUT2D eigenvalue weighted by molar-refractivity contribution is 5.93. The van der Waals surface area contributed by atoms with Crippen LogP contribution in [-0.2, 0) is 22.4 Å². The maximum Gasteiger partial charge on any atom is 0.303 e. The number of aromatic nitrogens is 1. The van der Waals surface area contributed by atoms with Gasteiger partial charge in [0.15, 0.2) is 5.58 Å². The third-order valence-corrected chi connectivity index (χ3v) is 6.01. The van der Waals surface area contributed by atoms with Gasteiger partial charge in [0.25, 0.3) is 6.01 Å². The number of carbonyl (C=O) groups is 2. The van der Waals surface area contributed by atoms with E-state index in [2.05, 4.69) is 22.5 Å². The molecule has 0 saturated carbocycles. The van der Waals surface area contributed by atoms with Crippen LogP contribution in [0.4, 0.5) is 17.4 Å². The summed E-state index contributed by atoms with van der Waals surface area (Å²) >= 11 is 0. The van der Waals surface area contributed by atoms with Gasteiger partial charge >= 0.3 is 5.97 Å². The number of carboxylic acid groups (broad SMARTS) is 1. The highest BCUT2D eigenvalue weighted by atomic mass is 16.4. The van der Waals surface area contributed by atoms with Gasteiger partial charge in [-0.1, -0.05) is 50.2 Å². The Labute approximate surface area is 204 Å². The van der Waals surface area contributed by atoms with E-state index in [9.17, 15) is 9.59 Å². The Bertz CT molecular complexity index is 1360. The van der Waals surface area contributed by atoms with Crippen LogP contribution in [0.25, 0.3) is 11.1 Å². The molecule has 0 bridgehead atoms. The van der Waals surface area contributed by atoms with Gasteiger partial charge in [0.2, 0.25) is 5.91 Å². The third kappa shape index (κ3) is 5.87. The van der Waals surface area contributed by atoms with Crippen LogP contribution in [0.5, 0.6) is 0 Å². The van der Waals surface area contributed by atoms with Gasteiger partial charge in [-0.05, 0) is 65.8 Å². The topological polar surface area (TPSA) is 104 Å². The van der Waals surface area contributed by atoms with Gasteiger partial charge in [-0.25, -0.2) is 0 Å². The van der Waals surface area contributed by atoms with Crippen LogP contribution in [0.1, 0.15) is 48.4 Å². The largest absolute Gasteiger partial charge is 0.481 e. The van der Waals surface area contributed by atoms with Crippen LogP contribution in [0.15, 0.2) is 65.1 Å². The van der Waals surface area contributed by atoms with Crippen molar-refractivity contribution in [1.29, 1.82) is 0 Å². The lowest BCUT2D eigenvalue weighted by molar-refractivity contribution is -0.137. The zero-order chi connectivity index (χ0) is 24.9. The van der Waals surface area contributed by atoms with Crippen molar-refractivity contribution >= 4 is 40.4 Å². The lowest BCUT2D eigenvalue weighted by atomic mass is 9.98. The first kappa shape index (κ1) is 24.0. The molecule has 4 rings (SSSR count). The molecular formula is C28H29N3O4. The molecule has 7 heteroatoms. The molecular weight excluding hydrogens is 442 g/mol.